The van der Waals surface area contributed by atoms with Gasteiger partial charge in [0.05, 0.1) is 10.7 Å². The van der Waals surface area contributed by atoms with Crippen LogP contribution in [0.2, 0.25) is 5.02 Å². The maximum absolute atomic E-state index is 6.11. The van der Waals surface area contributed by atoms with E-state index >= 15 is 0 Å². The molecule has 0 saturated carbocycles. The second kappa shape index (κ2) is 5.50. The highest BCUT2D eigenvalue weighted by Crippen LogP contribution is 2.28. The van der Waals surface area contributed by atoms with E-state index in [4.69, 9.17) is 23.1 Å². The number of nitrogens with zero attached hydrogens (tertiary/aromatic N) is 1. The first kappa shape index (κ1) is 13.1. The Hall–Kier alpha value is -1.39. The predicted octanol–water partition coefficient (Wildman–Crippen LogP) is 3.21. The number of nitrogens with two attached hydrogens (primary N) is 2. The van der Waals surface area contributed by atoms with Crippen molar-refractivity contribution in [3.05, 3.63) is 46.6 Å². The Morgan fingerprint density at radius 3 is 2.50 bits per heavy atom. The first-order valence-electron chi connectivity index (χ1n) is 5.43. The smallest absolute Gasteiger partial charge is 0.146 e. The van der Waals surface area contributed by atoms with Crippen molar-refractivity contribution in [3.8, 4) is 0 Å². The number of aromatic nitrogens is 1. The number of pyridine rings is 1. The van der Waals surface area contributed by atoms with Gasteiger partial charge in [-0.05, 0) is 24.0 Å². The number of thioether (sulfide) groups is 1. The van der Waals surface area contributed by atoms with Gasteiger partial charge < -0.3 is 11.5 Å². The molecule has 0 bridgehead atoms. The summed E-state index contributed by atoms with van der Waals surface area (Å²) in [6.45, 7) is 0. The van der Waals surface area contributed by atoms with Gasteiger partial charge in [0.25, 0.3) is 0 Å². The molecule has 0 aliphatic carbocycles. The zero-order chi connectivity index (χ0) is 13.1. The minimum atomic E-state index is 0.329. The van der Waals surface area contributed by atoms with Gasteiger partial charge in [0, 0.05) is 23.1 Å². The van der Waals surface area contributed by atoms with E-state index in [2.05, 4.69) is 29.2 Å². The maximum Gasteiger partial charge on any atom is 0.146 e. The lowest BCUT2D eigenvalue weighted by Crippen LogP contribution is -2.03. The fourth-order valence-corrected chi connectivity index (χ4v) is 2.31. The molecule has 0 aliphatic heterocycles. The molecule has 0 unspecified atom stereocenters. The second-order valence-corrected chi connectivity index (χ2v) is 5.20. The van der Waals surface area contributed by atoms with Crippen molar-refractivity contribution in [2.24, 2.45) is 0 Å². The van der Waals surface area contributed by atoms with Gasteiger partial charge in [0.1, 0.15) is 5.82 Å². The summed E-state index contributed by atoms with van der Waals surface area (Å²) < 4.78 is 0. The fourth-order valence-electron chi connectivity index (χ4n) is 1.68. The predicted molar refractivity (Wildman–Crippen MR) is 79.1 cm³/mol. The summed E-state index contributed by atoms with van der Waals surface area (Å²) in [6.07, 6.45) is 4.25. The summed E-state index contributed by atoms with van der Waals surface area (Å²) in [5, 5.41) is 0.552. The number of hydrogen-bond acceptors (Lipinski definition) is 4. The molecule has 1 aromatic carbocycles. The van der Waals surface area contributed by atoms with Gasteiger partial charge in [-0.2, -0.15) is 0 Å². The van der Waals surface area contributed by atoms with Crippen LogP contribution in [0.5, 0.6) is 0 Å². The SMILES string of the molecule is CSc1ccc(Cc2c(Cl)cnc(N)c2N)cc1. The van der Waals surface area contributed by atoms with E-state index < -0.39 is 0 Å². The van der Waals surface area contributed by atoms with Crippen LogP contribution < -0.4 is 11.5 Å². The Kier molecular flexibility index (Phi) is 3.99. The van der Waals surface area contributed by atoms with Crippen molar-refractivity contribution in [2.75, 3.05) is 17.7 Å². The highest BCUT2D eigenvalue weighted by Gasteiger charge is 2.09. The van der Waals surface area contributed by atoms with Crippen LogP contribution >= 0.6 is 23.4 Å². The minimum Gasteiger partial charge on any atom is -0.395 e. The molecule has 1 aromatic heterocycles. The lowest BCUT2D eigenvalue weighted by Gasteiger charge is -2.10. The average Bonchev–Trinajstić information content (AvgIpc) is 2.40. The molecular weight excluding hydrogens is 266 g/mol. The Labute approximate surface area is 116 Å². The molecule has 0 atom stereocenters. The first-order valence-corrected chi connectivity index (χ1v) is 7.03. The number of rotatable bonds is 3. The van der Waals surface area contributed by atoms with Crippen LogP contribution in [0.4, 0.5) is 11.5 Å². The lowest BCUT2D eigenvalue weighted by atomic mass is 10.0. The average molecular weight is 280 g/mol. The summed E-state index contributed by atoms with van der Waals surface area (Å²) in [7, 11) is 0. The van der Waals surface area contributed by atoms with Crippen molar-refractivity contribution in [2.45, 2.75) is 11.3 Å². The fraction of sp³-hybridized carbons (Fsp3) is 0.154. The Morgan fingerprint density at radius 1 is 1.22 bits per heavy atom. The number of hydrogen-bond donors (Lipinski definition) is 2. The van der Waals surface area contributed by atoms with Crippen LogP contribution in [-0.2, 0) is 6.42 Å². The molecule has 94 valence electrons. The van der Waals surface area contributed by atoms with Crippen molar-refractivity contribution >= 4 is 34.9 Å². The van der Waals surface area contributed by atoms with Crippen LogP contribution in [-0.4, -0.2) is 11.2 Å². The second-order valence-electron chi connectivity index (χ2n) is 3.91. The Bertz CT molecular complexity index is 555. The molecule has 0 fully saturated rings. The molecule has 2 aromatic rings. The van der Waals surface area contributed by atoms with Crippen LogP contribution in [0.1, 0.15) is 11.1 Å². The third-order valence-electron chi connectivity index (χ3n) is 2.75. The van der Waals surface area contributed by atoms with Crippen molar-refractivity contribution in [1.82, 2.24) is 4.98 Å². The van der Waals surface area contributed by atoms with E-state index in [1.165, 1.54) is 4.90 Å². The quantitative estimate of drug-likeness (QED) is 0.847. The van der Waals surface area contributed by atoms with E-state index in [-0.39, 0.29) is 0 Å². The van der Waals surface area contributed by atoms with Gasteiger partial charge in [0.2, 0.25) is 0 Å². The van der Waals surface area contributed by atoms with Gasteiger partial charge in [0.15, 0.2) is 0 Å². The van der Waals surface area contributed by atoms with Crippen molar-refractivity contribution in [3.63, 3.8) is 0 Å². The zero-order valence-electron chi connectivity index (χ0n) is 9.98. The molecule has 5 heteroatoms. The van der Waals surface area contributed by atoms with Gasteiger partial charge in [-0.3, -0.25) is 0 Å². The lowest BCUT2D eigenvalue weighted by molar-refractivity contribution is 1.16. The monoisotopic (exact) mass is 279 g/mol. The normalized spacial score (nSPS) is 10.6. The Balaban J connectivity index is 2.30. The molecule has 0 aliphatic rings. The minimum absolute atomic E-state index is 0.329. The molecule has 18 heavy (non-hydrogen) atoms. The summed E-state index contributed by atoms with van der Waals surface area (Å²) in [6, 6.07) is 8.29. The highest BCUT2D eigenvalue weighted by atomic mass is 35.5. The van der Waals surface area contributed by atoms with Crippen LogP contribution in [0.25, 0.3) is 0 Å². The van der Waals surface area contributed by atoms with Crippen LogP contribution in [0.15, 0.2) is 35.4 Å². The van der Waals surface area contributed by atoms with Crippen molar-refractivity contribution in [1.29, 1.82) is 0 Å². The maximum atomic E-state index is 6.11. The molecule has 0 spiro atoms. The van der Waals surface area contributed by atoms with Gasteiger partial charge in [-0.1, -0.05) is 23.7 Å². The van der Waals surface area contributed by atoms with E-state index in [0.717, 1.165) is 11.1 Å². The topological polar surface area (TPSA) is 64.9 Å². The molecular formula is C13H14ClN3S. The largest absolute Gasteiger partial charge is 0.395 e. The third kappa shape index (κ3) is 2.71. The first-order chi connectivity index (χ1) is 8.61. The van der Waals surface area contributed by atoms with E-state index in [0.29, 0.717) is 22.9 Å². The highest BCUT2D eigenvalue weighted by molar-refractivity contribution is 7.98. The molecule has 0 radical (unpaired) electrons. The zero-order valence-corrected chi connectivity index (χ0v) is 11.6. The number of halogens is 1. The Morgan fingerprint density at radius 2 is 1.89 bits per heavy atom. The van der Waals surface area contributed by atoms with Crippen LogP contribution in [0, 0.1) is 0 Å². The number of benzene rings is 1. The van der Waals surface area contributed by atoms with E-state index in [1.807, 2.05) is 6.26 Å². The molecule has 1 heterocycles. The van der Waals surface area contributed by atoms with Gasteiger partial charge >= 0.3 is 0 Å². The number of anilines is 2. The van der Waals surface area contributed by atoms with Gasteiger partial charge in [-0.15, -0.1) is 11.8 Å². The third-order valence-corrected chi connectivity index (χ3v) is 3.82. The van der Waals surface area contributed by atoms with Gasteiger partial charge in [-0.25, -0.2) is 4.98 Å². The summed E-state index contributed by atoms with van der Waals surface area (Å²) in [4.78, 5) is 5.15. The standard InChI is InChI=1S/C13H14ClN3S/c1-18-9-4-2-8(3-5-9)6-10-11(14)7-17-13(16)12(10)15/h2-5,7H,6,15H2,1H3,(H2,16,17). The van der Waals surface area contributed by atoms with E-state index in [1.54, 1.807) is 18.0 Å². The summed E-state index contributed by atoms with van der Waals surface area (Å²) in [5.41, 5.74) is 14.1. The van der Waals surface area contributed by atoms with E-state index in [9.17, 15) is 0 Å². The number of nitrogen functional groups attached to an aromatic ring is 2. The van der Waals surface area contributed by atoms with Crippen LogP contribution in [0.3, 0.4) is 0 Å². The molecule has 0 saturated heterocycles. The molecule has 3 nitrogen and oxygen atoms in total. The molecule has 0 amide bonds. The summed E-state index contributed by atoms with van der Waals surface area (Å²) in [5.74, 6) is 0.329. The van der Waals surface area contributed by atoms with Crippen molar-refractivity contribution < 1.29 is 0 Å². The molecule has 4 N–H and O–H groups in total. The molecule has 2 rings (SSSR count). The summed E-state index contributed by atoms with van der Waals surface area (Å²) >= 11 is 7.82.